The molecule has 2 atom stereocenters. The number of hydrogen-bond donors (Lipinski definition) is 1. The van der Waals surface area contributed by atoms with Gasteiger partial charge in [0.25, 0.3) is 0 Å². The second-order valence-corrected chi connectivity index (χ2v) is 3.96. The fourth-order valence-electron chi connectivity index (χ4n) is 1.62. The molecule has 0 aliphatic heterocycles. The SMILES string of the molecule is CCCC(O)(C(=O)OCC)C(C)COCC. The monoisotopic (exact) mass is 232 g/mol. The molecule has 16 heavy (non-hydrogen) atoms. The molecule has 96 valence electrons. The first-order valence-electron chi connectivity index (χ1n) is 6.00. The van der Waals surface area contributed by atoms with E-state index < -0.39 is 11.6 Å². The third-order valence-corrected chi connectivity index (χ3v) is 2.65. The predicted molar refractivity (Wildman–Crippen MR) is 62.1 cm³/mol. The first-order chi connectivity index (χ1) is 7.52. The average Bonchev–Trinajstić information content (AvgIpc) is 2.26. The summed E-state index contributed by atoms with van der Waals surface area (Å²) in [6, 6.07) is 0. The number of aliphatic hydroxyl groups is 1. The van der Waals surface area contributed by atoms with Crippen molar-refractivity contribution >= 4 is 5.97 Å². The van der Waals surface area contributed by atoms with Gasteiger partial charge < -0.3 is 14.6 Å². The van der Waals surface area contributed by atoms with E-state index in [1.807, 2.05) is 20.8 Å². The maximum absolute atomic E-state index is 11.7. The first kappa shape index (κ1) is 15.4. The summed E-state index contributed by atoms with van der Waals surface area (Å²) in [5.74, 6) is -0.796. The maximum Gasteiger partial charge on any atom is 0.338 e. The third-order valence-electron chi connectivity index (χ3n) is 2.65. The van der Waals surface area contributed by atoms with E-state index in [4.69, 9.17) is 9.47 Å². The molecule has 0 spiro atoms. The molecule has 4 nitrogen and oxygen atoms in total. The van der Waals surface area contributed by atoms with E-state index in [-0.39, 0.29) is 12.5 Å². The van der Waals surface area contributed by atoms with Crippen LogP contribution < -0.4 is 0 Å². The summed E-state index contributed by atoms with van der Waals surface area (Å²) >= 11 is 0. The predicted octanol–water partition coefficient (Wildman–Crippen LogP) is 1.75. The van der Waals surface area contributed by atoms with Crippen LogP contribution in [-0.2, 0) is 14.3 Å². The van der Waals surface area contributed by atoms with E-state index >= 15 is 0 Å². The van der Waals surface area contributed by atoms with Gasteiger partial charge in [-0.1, -0.05) is 20.3 Å². The Morgan fingerprint density at radius 1 is 1.31 bits per heavy atom. The van der Waals surface area contributed by atoms with Gasteiger partial charge in [0.2, 0.25) is 0 Å². The zero-order valence-corrected chi connectivity index (χ0v) is 10.8. The standard InChI is InChI=1S/C12H24O4/c1-5-8-12(14,11(13)16-7-3)10(4)9-15-6-2/h10,14H,5-9H2,1-4H3. The maximum atomic E-state index is 11.7. The second-order valence-electron chi connectivity index (χ2n) is 3.96. The van der Waals surface area contributed by atoms with Crippen molar-refractivity contribution in [3.63, 3.8) is 0 Å². The molecule has 2 unspecified atom stereocenters. The molecule has 0 aromatic carbocycles. The zero-order valence-electron chi connectivity index (χ0n) is 10.8. The summed E-state index contributed by atoms with van der Waals surface area (Å²) in [4.78, 5) is 11.7. The van der Waals surface area contributed by atoms with Crippen molar-refractivity contribution in [1.29, 1.82) is 0 Å². The fraction of sp³-hybridized carbons (Fsp3) is 0.917. The normalized spacial score (nSPS) is 16.6. The molecule has 0 aromatic rings. The molecule has 0 aromatic heterocycles. The Hall–Kier alpha value is -0.610. The lowest BCUT2D eigenvalue weighted by Gasteiger charge is -2.31. The van der Waals surface area contributed by atoms with Gasteiger partial charge in [0.1, 0.15) is 0 Å². The summed E-state index contributed by atoms with van der Waals surface area (Å²) in [5.41, 5.74) is -1.42. The van der Waals surface area contributed by atoms with E-state index in [0.29, 0.717) is 19.6 Å². The lowest BCUT2D eigenvalue weighted by molar-refractivity contribution is -0.174. The number of carbonyl (C=O) groups excluding carboxylic acids is 1. The largest absolute Gasteiger partial charge is 0.464 e. The summed E-state index contributed by atoms with van der Waals surface area (Å²) in [6.45, 7) is 8.58. The lowest BCUT2D eigenvalue weighted by atomic mass is 9.85. The lowest BCUT2D eigenvalue weighted by Crippen LogP contribution is -2.47. The van der Waals surface area contributed by atoms with Crippen LogP contribution in [0.25, 0.3) is 0 Å². The summed E-state index contributed by atoms with van der Waals surface area (Å²) in [7, 11) is 0. The van der Waals surface area contributed by atoms with Crippen molar-refractivity contribution in [3.05, 3.63) is 0 Å². The van der Waals surface area contributed by atoms with Crippen molar-refractivity contribution in [3.8, 4) is 0 Å². The Kier molecular flexibility index (Phi) is 7.34. The van der Waals surface area contributed by atoms with Crippen LogP contribution in [0.1, 0.15) is 40.5 Å². The highest BCUT2D eigenvalue weighted by Gasteiger charge is 2.42. The van der Waals surface area contributed by atoms with Gasteiger partial charge in [0.15, 0.2) is 5.60 Å². The van der Waals surface area contributed by atoms with E-state index in [9.17, 15) is 9.90 Å². The Morgan fingerprint density at radius 2 is 1.94 bits per heavy atom. The molecular weight excluding hydrogens is 208 g/mol. The van der Waals surface area contributed by atoms with Crippen LogP contribution in [0.15, 0.2) is 0 Å². The van der Waals surface area contributed by atoms with Crippen LogP contribution >= 0.6 is 0 Å². The van der Waals surface area contributed by atoms with Crippen LogP contribution in [0.4, 0.5) is 0 Å². The van der Waals surface area contributed by atoms with Gasteiger partial charge in [0, 0.05) is 12.5 Å². The molecule has 0 aliphatic rings. The van der Waals surface area contributed by atoms with Crippen LogP contribution in [0.2, 0.25) is 0 Å². The van der Waals surface area contributed by atoms with Crippen molar-refractivity contribution in [1.82, 2.24) is 0 Å². The van der Waals surface area contributed by atoms with Gasteiger partial charge in [0.05, 0.1) is 13.2 Å². The number of rotatable bonds is 8. The second kappa shape index (κ2) is 7.63. The fourth-order valence-corrected chi connectivity index (χ4v) is 1.62. The number of carbonyl (C=O) groups is 1. The number of esters is 1. The molecule has 0 radical (unpaired) electrons. The molecule has 0 aliphatic carbocycles. The van der Waals surface area contributed by atoms with Gasteiger partial charge in [-0.2, -0.15) is 0 Å². The van der Waals surface area contributed by atoms with Crippen LogP contribution in [-0.4, -0.2) is 36.5 Å². The van der Waals surface area contributed by atoms with Gasteiger partial charge in [-0.15, -0.1) is 0 Å². The van der Waals surface area contributed by atoms with Crippen LogP contribution in [0.5, 0.6) is 0 Å². The highest BCUT2D eigenvalue weighted by atomic mass is 16.5. The molecule has 0 rings (SSSR count). The van der Waals surface area contributed by atoms with Gasteiger partial charge in [-0.3, -0.25) is 0 Å². The minimum atomic E-state index is -1.42. The Labute approximate surface area is 97.9 Å². The zero-order chi connectivity index (χ0) is 12.6. The first-order valence-corrected chi connectivity index (χ1v) is 6.00. The highest BCUT2D eigenvalue weighted by molar-refractivity contribution is 5.79. The molecule has 0 amide bonds. The molecule has 0 heterocycles. The quantitative estimate of drug-likeness (QED) is 0.648. The summed E-state index contributed by atoms with van der Waals surface area (Å²) < 4.78 is 10.2. The topological polar surface area (TPSA) is 55.8 Å². The molecule has 1 N–H and O–H groups in total. The molecule has 0 saturated heterocycles. The Morgan fingerprint density at radius 3 is 2.38 bits per heavy atom. The van der Waals surface area contributed by atoms with Crippen LogP contribution in [0.3, 0.4) is 0 Å². The third kappa shape index (κ3) is 4.10. The Bertz CT molecular complexity index is 205. The number of ether oxygens (including phenoxy) is 2. The summed E-state index contributed by atoms with van der Waals surface area (Å²) in [5, 5.41) is 10.4. The van der Waals surface area contributed by atoms with Crippen molar-refractivity contribution in [2.75, 3.05) is 19.8 Å². The van der Waals surface area contributed by atoms with E-state index in [2.05, 4.69) is 0 Å². The molecule has 0 fully saturated rings. The minimum Gasteiger partial charge on any atom is -0.464 e. The van der Waals surface area contributed by atoms with Gasteiger partial charge in [-0.25, -0.2) is 4.79 Å². The molecule has 0 bridgehead atoms. The molecule has 4 heteroatoms. The van der Waals surface area contributed by atoms with E-state index in [0.717, 1.165) is 6.42 Å². The van der Waals surface area contributed by atoms with Crippen molar-refractivity contribution in [2.24, 2.45) is 5.92 Å². The van der Waals surface area contributed by atoms with Crippen LogP contribution in [0, 0.1) is 5.92 Å². The summed E-state index contributed by atoms with van der Waals surface area (Å²) in [6.07, 6.45) is 1.13. The highest BCUT2D eigenvalue weighted by Crippen LogP contribution is 2.25. The van der Waals surface area contributed by atoms with Crippen molar-refractivity contribution in [2.45, 2.75) is 46.1 Å². The van der Waals surface area contributed by atoms with Gasteiger partial charge in [-0.05, 0) is 20.3 Å². The minimum absolute atomic E-state index is 0.258. The Balaban J connectivity index is 4.58. The van der Waals surface area contributed by atoms with E-state index in [1.165, 1.54) is 0 Å². The van der Waals surface area contributed by atoms with Gasteiger partial charge >= 0.3 is 5.97 Å². The molecular formula is C12H24O4. The van der Waals surface area contributed by atoms with E-state index in [1.54, 1.807) is 6.92 Å². The average molecular weight is 232 g/mol. The smallest absolute Gasteiger partial charge is 0.338 e. The van der Waals surface area contributed by atoms with Crippen molar-refractivity contribution < 1.29 is 19.4 Å². The number of hydrogen-bond acceptors (Lipinski definition) is 4. The molecule has 0 saturated carbocycles.